The number of aliphatic hydroxyl groups is 4. The Bertz CT molecular complexity index is 44.2. The van der Waals surface area contributed by atoms with Crippen LogP contribution in [0.1, 0.15) is 41.5 Å². The van der Waals surface area contributed by atoms with Crippen molar-refractivity contribution in [1.82, 2.24) is 0 Å². The minimum absolute atomic E-state index is 0.250. The maximum absolute atomic E-state index is 7.57. The molecule has 5 nitrogen and oxygen atoms in total. The number of rotatable bonds is 2. The molecule has 0 aromatic rings. The zero-order chi connectivity index (χ0) is 14.9. The van der Waals surface area contributed by atoms with Gasteiger partial charge in [0.15, 0.2) is 0 Å². The molecule has 0 spiro atoms. The summed E-state index contributed by atoms with van der Waals surface area (Å²) in [5.74, 6) is 0. The molecule has 0 bridgehead atoms. The Hall–Kier alpha value is -0.200. The predicted molar refractivity (Wildman–Crippen MR) is 73.2 cm³/mol. The van der Waals surface area contributed by atoms with Crippen molar-refractivity contribution in [2.45, 2.75) is 41.5 Å². The second kappa shape index (κ2) is 74.8. The van der Waals surface area contributed by atoms with Crippen molar-refractivity contribution in [3.05, 3.63) is 0 Å². The Kier molecular flexibility index (Phi) is 133. The van der Waals surface area contributed by atoms with Crippen LogP contribution in [0.15, 0.2) is 0 Å². The first-order valence-electron chi connectivity index (χ1n) is 6.08. The van der Waals surface area contributed by atoms with Gasteiger partial charge in [-0.15, -0.1) is 0 Å². The van der Waals surface area contributed by atoms with Crippen LogP contribution in [0.3, 0.4) is 0 Å². The van der Waals surface area contributed by atoms with E-state index in [9.17, 15) is 0 Å². The van der Waals surface area contributed by atoms with Gasteiger partial charge in [0.2, 0.25) is 0 Å². The highest BCUT2D eigenvalue weighted by atomic mass is 16.5. The first kappa shape index (κ1) is 30.1. The summed E-state index contributed by atoms with van der Waals surface area (Å²) >= 11 is 0. The summed E-state index contributed by atoms with van der Waals surface area (Å²) in [5, 5.41) is 30.3. The Morgan fingerprint density at radius 3 is 0.647 bits per heavy atom. The molecule has 0 saturated heterocycles. The number of ether oxygens (including phenoxy) is 1. The molecule has 0 atom stereocenters. The van der Waals surface area contributed by atoms with E-state index >= 15 is 0 Å². The average Bonchev–Trinajstić information content (AvgIpc) is 2.23. The summed E-state index contributed by atoms with van der Waals surface area (Å²) in [4.78, 5) is 0. The van der Waals surface area contributed by atoms with Gasteiger partial charge in [-0.1, -0.05) is 0 Å². The van der Waals surface area contributed by atoms with Crippen LogP contribution in [0.4, 0.5) is 0 Å². The first-order chi connectivity index (χ1) is 8.07. The minimum Gasteiger partial charge on any atom is -0.397 e. The van der Waals surface area contributed by atoms with Crippen molar-refractivity contribution in [2.24, 2.45) is 0 Å². The summed E-state index contributed by atoms with van der Waals surface area (Å²) in [6, 6.07) is 0. The molecule has 0 aliphatic rings. The van der Waals surface area contributed by atoms with Gasteiger partial charge in [0, 0.05) is 39.6 Å². The molecule has 4 N–H and O–H groups in total. The third-order valence-corrected chi connectivity index (χ3v) is 0.408. The third-order valence-electron chi connectivity index (χ3n) is 0.408. The molecule has 0 heterocycles. The molecule has 0 radical (unpaired) electrons. The van der Waals surface area contributed by atoms with Gasteiger partial charge < -0.3 is 25.2 Å². The van der Waals surface area contributed by atoms with Crippen molar-refractivity contribution in [2.75, 3.05) is 39.6 Å². The van der Waals surface area contributed by atoms with Gasteiger partial charge in [0.1, 0.15) is 0 Å². The topological polar surface area (TPSA) is 90.2 Å². The Morgan fingerprint density at radius 2 is 0.647 bits per heavy atom. The summed E-state index contributed by atoms with van der Waals surface area (Å²) in [5.41, 5.74) is 0. The second-order valence-electron chi connectivity index (χ2n) is 2.05. The highest BCUT2D eigenvalue weighted by Crippen LogP contribution is 1.64. The predicted octanol–water partition coefficient (Wildman–Crippen LogP) is 1.04. The van der Waals surface area contributed by atoms with Gasteiger partial charge in [-0.05, 0) is 41.5 Å². The van der Waals surface area contributed by atoms with Gasteiger partial charge in [0.25, 0.3) is 0 Å². The maximum atomic E-state index is 7.57. The molecule has 0 aliphatic heterocycles. The van der Waals surface area contributed by atoms with Gasteiger partial charge in [0.05, 0.1) is 0 Å². The van der Waals surface area contributed by atoms with Crippen molar-refractivity contribution in [3.63, 3.8) is 0 Å². The first-order valence-corrected chi connectivity index (χ1v) is 6.08. The lowest BCUT2D eigenvalue weighted by molar-refractivity contribution is 0.162. The fourth-order valence-corrected chi connectivity index (χ4v) is 0.204. The minimum atomic E-state index is 0.250. The lowest BCUT2D eigenvalue weighted by atomic mass is 10.8. The summed E-state index contributed by atoms with van der Waals surface area (Å²) in [7, 11) is 0. The fourth-order valence-electron chi connectivity index (χ4n) is 0.204. The zero-order valence-corrected chi connectivity index (χ0v) is 12.4. The molecular weight excluding hydrogens is 224 g/mol. The van der Waals surface area contributed by atoms with Crippen molar-refractivity contribution in [3.8, 4) is 0 Å². The van der Waals surface area contributed by atoms with Crippen LogP contribution in [0.5, 0.6) is 0 Å². The molecular formula is C12H34O5. The lowest BCUT2D eigenvalue weighted by Crippen LogP contribution is -1.84. The van der Waals surface area contributed by atoms with Crippen LogP contribution in [0.2, 0.25) is 0 Å². The summed E-state index contributed by atoms with van der Waals surface area (Å²) in [6.45, 7) is 13.4. The fraction of sp³-hybridized carbons (Fsp3) is 1.00. The lowest BCUT2D eigenvalue weighted by Gasteiger charge is -1.86. The van der Waals surface area contributed by atoms with Crippen LogP contribution in [-0.2, 0) is 4.74 Å². The SMILES string of the molecule is CCO.CCO.CCO.CCO.CCOCC. The summed E-state index contributed by atoms with van der Waals surface area (Å²) in [6.07, 6.45) is 0. The Balaban J connectivity index is -0.0000000362. The standard InChI is InChI=1S/C4H10O.4C2H6O/c1-3-5-4-2;4*1-2-3/h3-4H2,1-2H3;4*3H,2H2,1H3. The highest BCUT2D eigenvalue weighted by molar-refractivity contribution is 4.07. The smallest absolute Gasteiger partial charge is 0.0437 e. The molecule has 0 amide bonds. The van der Waals surface area contributed by atoms with Crippen LogP contribution in [0.25, 0.3) is 0 Å². The van der Waals surface area contributed by atoms with Gasteiger partial charge in [-0.2, -0.15) is 0 Å². The normalized spacial score (nSPS) is 6.71. The van der Waals surface area contributed by atoms with Crippen LogP contribution in [0, 0.1) is 0 Å². The van der Waals surface area contributed by atoms with Crippen molar-refractivity contribution in [1.29, 1.82) is 0 Å². The maximum Gasteiger partial charge on any atom is 0.0437 e. The van der Waals surface area contributed by atoms with Crippen molar-refractivity contribution >= 4 is 0 Å². The van der Waals surface area contributed by atoms with Gasteiger partial charge in [-0.25, -0.2) is 0 Å². The molecule has 17 heavy (non-hydrogen) atoms. The quantitative estimate of drug-likeness (QED) is 0.594. The van der Waals surface area contributed by atoms with Crippen molar-refractivity contribution < 1.29 is 25.2 Å². The molecule has 0 fully saturated rings. The van der Waals surface area contributed by atoms with E-state index < -0.39 is 0 Å². The number of aliphatic hydroxyl groups excluding tert-OH is 4. The van der Waals surface area contributed by atoms with Crippen LogP contribution < -0.4 is 0 Å². The van der Waals surface area contributed by atoms with Crippen LogP contribution in [-0.4, -0.2) is 60.1 Å². The Morgan fingerprint density at radius 1 is 0.529 bits per heavy atom. The van der Waals surface area contributed by atoms with Crippen LogP contribution >= 0.6 is 0 Å². The Labute approximate surface area is 107 Å². The van der Waals surface area contributed by atoms with Gasteiger partial charge >= 0.3 is 0 Å². The van der Waals surface area contributed by atoms with E-state index in [4.69, 9.17) is 25.2 Å². The molecule has 112 valence electrons. The van der Waals surface area contributed by atoms with E-state index in [1.807, 2.05) is 13.8 Å². The third kappa shape index (κ3) is 929. The average molecular weight is 258 g/mol. The molecule has 0 aliphatic carbocycles. The number of hydrogen-bond donors (Lipinski definition) is 4. The van der Waals surface area contributed by atoms with E-state index in [0.717, 1.165) is 13.2 Å². The molecule has 5 heteroatoms. The molecule has 0 aromatic heterocycles. The summed E-state index contributed by atoms with van der Waals surface area (Å²) < 4.78 is 4.83. The largest absolute Gasteiger partial charge is 0.397 e. The van der Waals surface area contributed by atoms with E-state index in [0.29, 0.717) is 0 Å². The highest BCUT2D eigenvalue weighted by Gasteiger charge is 1.64. The molecule has 0 aromatic carbocycles. The zero-order valence-electron chi connectivity index (χ0n) is 12.4. The van der Waals surface area contributed by atoms with E-state index in [-0.39, 0.29) is 26.4 Å². The van der Waals surface area contributed by atoms with E-state index in [1.165, 1.54) is 0 Å². The molecule has 0 unspecified atom stereocenters. The number of hydrogen-bond acceptors (Lipinski definition) is 5. The van der Waals surface area contributed by atoms with Gasteiger partial charge in [-0.3, -0.25) is 0 Å². The van der Waals surface area contributed by atoms with E-state index in [2.05, 4.69) is 0 Å². The molecule has 0 saturated carbocycles. The monoisotopic (exact) mass is 258 g/mol. The van der Waals surface area contributed by atoms with E-state index in [1.54, 1.807) is 27.7 Å². The second-order valence-corrected chi connectivity index (χ2v) is 2.05. The molecule has 0 rings (SSSR count).